The molecule has 1 heteroatoms. The van der Waals surface area contributed by atoms with Crippen LogP contribution >= 0.6 is 0 Å². The quantitative estimate of drug-likeness (QED) is 0.563. The molecule has 0 saturated heterocycles. The van der Waals surface area contributed by atoms with Gasteiger partial charge in [-0.3, -0.25) is 0 Å². The van der Waals surface area contributed by atoms with Crippen LogP contribution in [0.4, 0.5) is 0 Å². The molecule has 0 spiro atoms. The first-order chi connectivity index (χ1) is 5.86. The summed E-state index contributed by atoms with van der Waals surface area (Å²) >= 11 is 0. The van der Waals surface area contributed by atoms with E-state index in [4.69, 9.17) is 0 Å². The molecule has 0 unspecified atom stereocenters. The molecule has 0 aromatic heterocycles. The molecule has 0 amide bonds. The summed E-state index contributed by atoms with van der Waals surface area (Å²) in [6, 6.07) is 8.79. The Balaban J connectivity index is 2.31. The summed E-state index contributed by atoms with van der Waals surface area (Å²) in [7, 11) is 2.20. The van der Waals surface area contributed by atoms with Crippen LogP contribution in [-0.2, 0) is 13.0 Å². The number of aryl methyl sites for hydroxylation is 1. The van der Waals surface area contributed by atoms with E-state index in [2.05, 4.69) is 36.2 Å². The van der Waals surface area contributed by atoms with E-state index >= 15 is 0 Å². The van der Waals surface area contributed by atoms with E-state index in [1.807, 2.05) is 0 Å². The molecule has 1 heterocycles. The molecule has 1 aromatic carbocycles. The Labute approximate surface area is 74.0 Å². The lowest BCUT2D eigenvalue weighted by Crippen LogP contribution is -2.16. The van der Waals surface area contributed by atoms with Crippen LogP contribution in [0.25, 0.3) is 0 Å². The topological polar surface area (TPSA) is 3.24 Å². The van der Waals surface area contributed by atoms with Gasteiger partial charge in [-0.05, 0) is 37.6 Å². The van der Waals surface area contributed by atoms with Gasteiger partial charge in [-0.2, -0.15) is 0 Å². The van der Waals surface area contributed by atoms with E-state index in [9.17, 15) is 0 Å². The van der Waals surface area contributed by atoms with Crippen molar-refractivity contribution in [2.75, 3.05) is 13.6 Å². The number of hydrogen-bond donors (Lipinski definition) is 0. The van der Waals surface area contributed by atoms with Crippen LogP contribution in [0, 0.1) is 0 Å². The van der Waals surface area contributed by atoms with Gasteiger partial charge in [-0.1, -0.05) is 24.3 Å². The minimum absolute atomic E-state index is 1.12. The van der Waals surface area contributed by atoms with Gasteiger partial charge in [-0.25, -0.2) is 0 Å². The van der Waals surface area contributed by atoms with Crippen molar-refractivity contribution >= 4 is 0 Å². The summed E-state index contributed by atoms with van der Waals surface area (Å²) < 4.78 is 0. The first-order valence-corrected chi connectivity index (χ1v) is 4.61. The summed E-state index contributed by atoms with van der Waals surface area (Å²) in [4.78, 5) is 2.39. The predicted molar refractivity (Wildman–Crippen MR) is 51.1 cm³/mol. The second kappa shape index (κ2) is 3.28. The van der Waals surface area contributed by atoms with Crippen LogP contribution in [-0.4, -0.2) is 18.5 Å². The highest BCUT2D eigenvalue weighted by Gasteiger charge is 2.09. The number of benzene rings is 1. The highest BCUT2D eigenvalue weighted by molar-refractivity contribution is 5.27. The van der Waals surface area contributed by atoms with E-state index < -0.39 is 0 Å². The number of fused-ring (bicyclic) bond motifs is 1. The molecule has 0 bridgehead atoms. The van der Waals surface area contributed by atoms with E-state index in [1.54, 1.807) is 5.56 Å². The Hall–Kier alpha value is -0.820. The van der Waals surface area contributed by atoms with Crippen LogP contribution < -0.4 is 0 Å². The zero-order chi connectivity index (χ0) is 8.39. The fourth-order valence-electron chi connectivity index (χ4n) is 1.86. The Morgan fingerprint density at radius 2 is 1.92 bits per heavy atom. The van der Waals surface area contributed by atoms with E-state index in [0.717, 1.165) is 6.54 Å². The maximum Gasteiger partial charge on any atom is 0.0233 e. The summed E-state index contributed by atoms with van der Waals surface area (Å²) in [5, 5.41) is 0. The van der Waals surface area contributed by atoms with Gasteiger partial charge in [0.25, 0.3) is 0 Å². The number of hydrogen-bond acceptors (Lipinski definition) is 1. The lowest BCUT2D eigenvalue weighted by molar-refractivity contribution is 0.332. The Kier molecular flexibility index (Phi) is 2.13. The van der Waals surface area contributed by atoms with Crippen molar-refractivity contribution in [3.63, 3.8) is 0 Å². The summed E-state index contributed by atoms with van der Waals surface area (Å²) in [6.45, 7) is 2.35. The van der Waals surface area contributed by atoms with E-state index in [0.29, 0.717) is 0 Å². The molecule has 0 atom stereocenters. The van der Waals surface area contributed by atoms with Gasteiger partial charge in [0.1, 0.15) is 0 Å². The Bertz CT molecular complexity index is 267. The third-order valence-electron chi connectivity index (χ3n) is 2.54. The zero-order valence-corrected chi connectivity index (χ0v) is 7.59. The molecule has 1 aromatic rings. The van der Waals surface area contributed by atoms with Crippen LogP contribution in [0.15, 0.2) is 24.3 Å². The maximum absolute atomic E-state index is 2.39. The fraction of sp³-hybridized carbons (Fsp3) is 0.455. The van der Waals surface area contributed by atoms with Crippen molar-refractivity contribution in [2.24, 2.45) is 0 Å². The summed E-state index contributed by atoms with van der Waals surface area (Å²) in [5.74, 6) is 0. The van der Waals surface area contributed by atoms with E-state index in [1.165, 1.54) is 24.9 Å². The molecular weight excluding hydrogens is 146 g/mol. The molecule has 12 heavy (non-hydrogen) atoms. The minimum atomic E-state index is 1.12. The van der Waals surface area contributed by atoms with Crippen molar-refractivity contribution < 1.29 is 0 Å². The standard InChI is InChI=1S/C11H15N/c1-12-8-4-7-10-5-2-3-6-11(10)9-12/h2-3,5-6H,4,7-9H2,1H3. The predicted octanol–water partition coefficient (Wildman–Crippen LogP) is 2.06. The molecule has 1 nitrogen and oxygen atoms in total. The average Bonchev–Trinajstić information content (AvgIpc) is 2.25. The molecule has 0 N–H and O–H groups in total. The van der Waals surface area contributed by atoms with Crippen LogP contribution in [0.2, 0.25) is 0 Å². The molecule has 64 valence electrons. The highest BCUT2D eigenvalue weighted by Crippen LogP contribution is 2.16. The van der Waals surface area contributed by atoms with Crippen molar-refractivity contribution in [1.82, 2.24) is 4.90 Å². The Morgan fingerprint density at radius 3 is 2.75 bits per heavy atom. The molecule has 0 radical (unpaired) electrons. The van der Waals surface area contributed by atoms with E-state index in [-0.39, 0.29) is 0 Å². The van der Waals surface area contributed by atoms with Crippen LogP contribution in [0.1, 0.15) is 17.5 Å². The summed E-state index contributed by atoms with van der Waals surface area (Å²) in [6.07, 6.45) is 2.55. The zero-order valence-electron chi connectivity index (χ0n) is 7.59. The second-order valence-corrected chi connectivity index (χ2v) is 3.61. The third-order valence-corrected chi connectivity index (χ3v) is 2.54. The normalized spacial score (nSPS) is 18.4. The van der Waals surface area contributed by atoms with Gasteiger partial charge in [0, 0.05) is 6.54 Å². The van der Waals surface area contributed by atoms with Crippen molar-refractivity contribution in [2.45, 2.75) is 19.4 Å². The molecular formula is C11H15N. The van der Waals surface area contributed by atoms with Gasteiger partial charge >= 0.3 is 0 Å². The first-order valence-electron chi connectivity index (χ1n) is 4.61. The number of rotatable bonds is 0. The second-order valence-electron chi connectivity index (χ2n) is 3.61. The molecule has 0 fully saturated rings. The first kappa shape index (κ1) is 7.81. The highest BCUT2D eigenvalue weighted by atomic mass is 15.1. The maximum atomic E-state index is 2.39. The largest absolute Gasteiger partial charge is 0.302 e. The van der Waals surface area contributed by atoms with Crippen molar-refractivity contribution in [3.05, 3.63) is 35.4 Å². The van der Waals surface area contributed by atoms with Gasteiger partial charge in [0.15, 0.2) is 0 Å². The molecule has 1 aliphatic heterocycles. The SMILES string of the molecule is CN1CCCc2ccccc2C1. The van der Waals surface area contributed by atoms with Gasteiger partial charge in [0.05, 0.1) is 0 Å². The molecule has 0 saturated carbocycles. The van der Waals surface area contributed by atoms with Gasteiger partial charge in [-0.15, -0.1) is 0 Å². The van der Waals surface area contributed by atoms with Crippen LogP contribution in [0.5, 0.6) is 0 Å². The van der Waals surface area contributed by atoms with Gasteiger partial charge in [0.2, 0.25) is 0 Å². The number of nitrogens with zero attached hydrogens (tertiary/aromatic N) is 1. The minimum Gasteiger partial charge on any atom is -0.302 e. The van der Waals surface area contributed by atoms with Crippen molar-refractivity contribution in [3.8, 4) is 0 Å². The fourth-order valence-corrected chi connectivity index (χ4v) is 1.86. The summed E-state index contributed by atoms with van der Waals surface area (Å²) in [5.41, 5.74) is 3.05. The Morgan fingerprint density at radius 1 is 1.17 bits per heavy atom. The van der Waals surface area contributed by atoms with Gasteiger partial charge < -0.3 is 4.90 Å². The molecule has 2 rings (SSSR count). The van der Waals surface area contributed by atoms with Crippen LogP contribution in [0.3, 0.4) is 0 Å². The smallest absolute Gasteiger partial charge is 0.0233 e. The lowest BCUT2D eigenvalue weighted by atomic mass is 10.0. The molecule has 0 aliphatic carbocycles. The lowest BCUT2D eigenvalue weighted by Gasteiger charge is -2.12. The monoisotopic (exact) mass is 161 g/mol. The third kappa shape index (κ3) is 1.51. The molecule has 1 aliphatic rings. The average molecular weight is 161 g/mol. The van der Waals surface area contributed by atoms with Crippen molar-refractivity contribution in [1.29, 1.82) is 0 Å².